The molecule has 2 aromatic carbocycles. The molecule has 0 saturated carbocycles. The normalized spacial score (nSPS) is 20.8. The smallest absolute Gasteiger partial charge is 0.290 e. The first-order valence-electron chi connectivity index (χ1n) is 13.8. The quantitative estimate of drug-likeness (QED) is 0.315. The molecule has 7 rings (SSSR count). The van der Waals surface area contributed by atoms with Crippen molar-refractivity contribution in [2.24, 2.45) is 0 Å². The number of carbonyl (C=O) groups excluding carboxylic acids is 1. The van der Waals surface area contributed by atoms with Gasteiger partial charge in [-0.3, -0.25) is 9.59 Å². The van der Waals surface area contributed by atoms with Crippen LogP contribution in [0.5, 0.6) is 0 Å². The summed E-state index contributed by atoms with van der Waals surface area (Å²) >= 11 is 0. The van der Waals surface area contributed by atoms with Gasteiger partial charge in [-0.25, -0.2) is 15.0 Å². The van der Waals surface area contributed by atoms with Gasteiger partial charge in [0.15, 0.2) is 0 Å². The van der Waals surface area contributed by atoms with E-state index < -0.39 is 18.9 Å². The van der Waals surface area contributed by atoms with Crippen molar-refractivity contribution in [1.29, 1.82) is 0 Å². The second-order valence-corrected chi connectivity index (χ2v) is 9.42. The first-order chi connectivity index (χ1) is 19.8. The molecule has 0 radical (unpaired) electrons. The maximum Gasteiger partial charge on any atom is 0.290 e. The summed E-state index contributed by atoms with van der Waals surface area (Å²) < 4.78 is 26.8. The van der Waals surface area contributed by atoms with E-state index in [4.69, 9.17) is 19.0 Å². The van der Waals surface area contributed by atoms with E-state index in [0.717, 1.165) is 57.1 Å². The van der Waals surface area contributed by atoms with Gasteiger partial charge in [-0.05, 0) is 36.8 Å². The lowest BCUT2D eigenvalue weighted by molar-refractivity contribution is -0.122. The van der Waals surface area contributed by atoms with E-state index in [2.05, 4.69) is 37.8 Å². The highest BCUT2D eigenvalue weighted by atomic mass is 16.3. The molecule has 1 fully saturated rings. The zero-order valence-corrected chi connectivity index (χ0v) is 20.5. The zero-order chi connectivity index (χ0) is 28.9. The monoisotopic (exact) mass is 509 g/mol. The molecule has 9 heteroatoms. The van der Waals surface area contributed by atoms with Gasteiger partial charge in [0.05, 0.1) is 23.1 Å². The fraction of sp³-hybridized carbons (Fsp3) is 0.276. The van der Waals surface area contributed by atoms with Crippen LogP contribution in [0.2, 0.25) is 0 Å². The number of amides is 1. The van der Waals surface area contributed by atoms with Gasteiger partial charge >= 0.3 is 0 Å². The van der Waals surface area contributed by atoms with Crippen LogP contribution in [-0.4, -0.2) is 62.0 Å². The van der Waals surface area contributed by atoms with Crippen LogP contribution in [0.4, 0.5) is 0 Å². The molecule has 38 heavy (non-hydrogen) atoms. The number of aromatic nitrogens is 4. The third-order valence-electron chi connectivity index (χ3n) is 7.38. The second kappa shape index (κ2) is 9.39. The van der Waals surface area contributed by atoms with Gasteiger partial charge < -0.3 is 19.9 Å². The SMILES string of the molecule is O=CO.[2H]C([2H])([2H])N1C(=O)c2cccc(C#CC)c2[C@H]2C[C@@H]1c1nc3ccc(-c4cnc(C5CNC5)nc4)cc3n12. The molecule has 4 aromatic rings. The van der Waals surface area contributed by atoms with Crippen molar-refractivity contribution in [3.8, 4) is 23.0 Å². The van der Waals surface area contributed by atoms with Gasteiger partial charge in [0.2, 0.25) is 0 Å². The Balaban J connectivity index is 0.000000967. The predicted octanol–water partition coefficient (Wildman–Crippen LogP) is 3.37. The lowest BCUT2D eigenvalue weighted by Crippen LogP contribution is -2.40. The molecule has 2 atom stereocenters. The van der Waals surface area contributed by atoms with Crippen LogP contribution in [0, 0.1) is 11.8 Å². The van der Waals surface area contributed by atoms with Crippen LogP contribution in [0.15, 0.2) is 48.8 Å². The standard InChI is InChI=1S/C28H24N6O.CH2O2/c1-3-5-16-6-4-7-20-25(16)23-11-24(33(2)28(20)35)27-32-21-9-8-17(10-22(21)34(23)27)18-14-30-26(31-15-18)19-12-29-13-19;2-1-3/h4,6-10,14-15,19,23-24,29H,11-13H2,1-2H3;1H,(H,2,3)/t23-,24-;/m1./s1/i2D3;. The van der Waals surface area contributed by atoms with Gasteiger partial charge in [-0.15, -0.1) is 5.92 Å². The average molecular weight is 510 g/mol. The Morgan fingerprint density at radius 3 is 2.63 bits per heavy atom. The lowest BCUT2D eigenvalue weighted by atomic mass is 9.93. The van der Waals surface area contributed by atoms with Gasteiger partial charge in [-0.2, -0.15) is 0 Å². The van der Waals surface area contributed by atoms with Crippen molar-refractivity contribution in [2.75, 3.05) is 20.1 Å². The van der Waals surface area contributed by atoms with Gasteiger partial charge in [0.1, 0.15) is 11.6 Å². The van der Waals surface area contributed by atoms with Crippen molar-refractivity contribution in [3.63, 3.8) is 0 Å². The molecule has 0 aliphatic carbocycles. The Morgan fingerprint density at radius 2 is 1.95 bits per heavy atom. The molecule has 1 amide bonds. The van der Waals surface area contributed by atoms with E-state index >= 15 is 0 Å². The van der Waals surface area contributed by atoms with Gasteiger partial charge in [-0.1, -0.05) is 18.1 Å². The van der Waals surface area contributed by atoms with E-state index in [1.165, 1.54) is 0 Å². The van der Waals surface area contributed by atoms with E-state index in [1.807, 2.05) is 30.6 Å². The highest BCUT2D eigenvalue weighted by Crippen LogP contribution is 2.48. The van der Waals surface area contributed by atoms with E-state index in [-0.39, 0.29) is 12.5 Å². The lowest BCUT2D eigenvalue weighted by Gasteiger charge is -2.25. The molecule has 190 valence electrons. The number of nitrogens with zero attached hydrogens (tertiary/aromatic N) is 5. The number of carbonyl (C=O) groups is 2. The summed E-state index contributed by atoms with van der Waals surface area (Å²) in [6.07, 6.45) is 4.13. The highest BCUT2D eigenvalue weighted by molar-refractivity contribution is 5.98. The number of fused-ring (bicyclic) bond motifs is 9. The largest absolute Gasteiger partial charge is 0.483 e. The fourth-order valence-electron chi connectivity index (χ4n) is 5.54. The van der Waals surface area contributed by atoms with Crippen molar-refractivity contribution < 1.29 is 18.8 Å². The first kappa shape index (κ1) is 20.5. The number of hydrogen-bond acceptors (Lipinski definition) is 6. The minimum atomic E-state index is -2.62. The maximum atomic E-state index is 13.7. The zero-order valence-electron chi connectivity index (χ0n) is 23.5. The van der Waals surface area contributed by atoms with Crippen LogP contribution >= 0.6 is 0 Å². The summed E-state index contributed by atoms with van der Waals surface area (Å²) in [5.41, 5.74) is 5.34. The van der Waals surface area contributed by atoms with Crippen molar-refractivity contribution in [3.05, 3.63) is 77.1 Å². The minimum absolute atomic E-state index is 0.250. The molecule has 1 saturated heterocycles. The van der Waals surface area contributed by atoms with Crippen LogP contribution in [0.1, 0.15) is 68.6 Å². The summed E-state index contributed by atoms with van der Waals surface area (Å²) in [5.74, 6) is 7.36. The summed E-state index contributed by atoms with van der Waals surface area (Å²) in [4.78, 5) is 37.1. The molecule has 3 aliphatic rings. The van der Waals surface area contributed by atoms with Gasteiger partial charge in [0.25, 0.3) is 12.4 Å². The summed E-state index contributed by atoms with van der Waals surface area (Å²) in [6, 6.07) is 10.4. The molecule has 3 aliphatic heterocycles. The molecule has 2 bridgehead atoms. The third-order valence-corrected chi connectivity index (χ3v) is 7.38. The Labute approximate surface area is 223 Å². The fourth-order valence-corrected chi connectivity index (χ4v) is 5.54. The topological polar surface area (TPSA) is 113 Å². The first-order valence-corrected chi connectivity index (χ1v) is 12.3. The molecular weight excluding hydrogens is 480 g/mol. The number of hydrogen-bond donors (Lipinski definition) is 2. The second-order valence-electron chi connectivity index (χ2n) is 9.42. The molecule has 9 nitrogen and oxygen atoms in total. The number of carboxylic acid groups (broad SMARTS) is 1. The number of benzene rings is 2. The minimum Gasteiger partial charge on any atom is -0.483 e. The maximum absolute atomic E-state index is 13.7. The van der Waals surface area contributed by atoms with E-state index in [9.17, 15) is 4.79 Å². The van der Waals surface area contributed by atoms with Crippen LogP contribution in [-0.2, 0) is 4.79 Å². The Morgan fingerprint density at radius 1 is 1.16 bits per heavy atom. The Bertz CT molecular complexity index is 1740. The summed E-state index contributed by atoms with van der Waals surface area (Å²) in [7, 11) is 0. The van der Waals surface area contributed by atoms with Crippen molar-refractivity contribution in [1.82, 2.24) is 29.7 Å². The van der Waals surface area contributed by atoms with Gasteiger partial charge in [0, 0.05) is 71.2 Å². The Hall–Kier alpha value is -4.55. The van der Waals surface area contributed by atoms with Crippen molar-refractivity contribution in [2.45, 2.75) is 31.3 Å². The molecular formula is C29H26N6O3. The molecule has 0 spiro atoms. The summed E-state index contributed by atoms with van der Waals surface area (Å²) in [5, 5.41) is 10.1. The van der Waals surface area contributed by atoms with Crippen LogP contribution in [0.25, 0.3) is 22.2 Å². The van der Waals surface area contributed by atoms with Crippen LogP contribution < -0.4 is 5.32 Å². The molecule has 0 unspecified atom stereocenters. The molecule has 5 heterocycles. The number of rotatable bonds is 2. The number of nitrogens with one attached hydrogen (secondary N) is 1. The van der Waals surface area contributed by atoms with Crippen LogP contribution in [0.3, 0.4) is 0 Å². The number of imidazole rings is 1. The van der Waals surface area contributed by atoms with E-state index in [0.29, 0.717) is 23.7 Å². The summed E-state index contributed by atoms with van der Waals surface area (Å²) in [6.45, 7) is 0.687. The van der Waals surface area contributed by atoms with E-state index in [1.54, 1.807) is 19.1 Å². The average Bonchev–Trinajstić information content (AvgIpc) is 3.41. The highest BCUT2D eigenvalue weighted by Gasteiger charge is 2.44. The predicted molar refractivity (Wildman–Crippen MR) is 142 cm³/mol. The van der Waals surface area contributed by atoms with Crippen molar-refractivity contribution >= 4 is 23.4 Å². The Kier molecular flexibility index (Phi) is 5.07. The molecule has 2 aromatic heterocycles. The third kappa shape index (κ3) is 3.64. The molecule has 2 N–H and O–H groups in total.